The summed E-state index contributed by atoms with van der Waals surface area (Å²) in [5.74, 6) is 1.57. The standard InChI is InChI=1S/C25H36N6O3/c1-18(2)26-25(33)31(19(3)4)17-24(32)30-14-6-13-29(15-16-30)23-12-11-22(27-28-23)20-7-9-21(34-5)10-8-20/h7-12,18-19H,6,13-17H2,1-5H3,(H,26,33). The van der Waals surface area contributed by atoms with Crippen LogP contribution in [-0.4, -0.2) is 83.9 Å². The van der Waals surface area contributed by atoms with Crippen molar-refractivity contribution in [3.63, 3.8) is 0 Å². The van der Waals surface area contributed by atoms with Crippen LogP contribution in [-0.2, 0) is 4.79 Å². The Balaban J connectivity index is 1.59. The molecule has 2 aromatic rings. The number of hydrogen-bond acceptors (Lipinski definition) is 6. The summed E-state index contributed by atoms with van der Waals surface area (Å²) in [4.78, 5) is 31.1. The predicted octanol–water partition coefficient (Wildman–Crippen LogP) is 3.02. The van der Waals surface area contributed by atoms with E-state index in [9.17, 15) is 9.59 Å². The molecule has 1 aromatic carbocycles. The average molecular weight is 469 g/mol. The lowest BCUT2D eigenvalue weighted by Crippen LogP contribution is -2.51. The van der Waals surface area contributed by atoms with Crippen molar-refractivity contribution in [1.29, 1.82) is 0 Å². The van der Waals surface area contributed by atoms with Gasteiger partial charge in [0.25, 0.3) is 0 Å². The molecule has 184 valence electrons. The molecule has 1 saturated heterocycles. The van der Waals surface area contributed by atoms with Crippen LogP contribution in [0.3, 0.4) is 0 Å². The smallest absolute Gasteiger partial charge is 0.318 e. The Morgan fingerprint density at radius 3 is 2.32 bits per heavy atom. The number of nitrogens with one attached hydrogen (secondary N) is 1. The number of hydrogen-bond donors (Lipinski definition) is 1. The van der Waals surface area contributed by atoms with E-state index in [0.717, 1.165) is 35.8 Å². The molecule has 1 N–H and O–H groups in total. The maximum atomic E-state index is 13.0. The largest absolute Gasteiger partial charge is 0.497 e. The van der Waals surface area contributed by atoms with E-state index in [2.05, 4.69) is 20.4 Å². The van der Waals surface area contributed by atoms with Gasteiger partial charge in [0.15, 0.2) is 5.82 Å². The van der Waals surface area contributed by atoms with Gasteiger partial charge in [-0.25, -0.2) is 4.79 Å². The van der Waals surface area contributed by atoms with Gasteiger partial charge in [0, 0.05) is 43.8 Å². The molecule has 34 heavy (non-hydrogen) atoms. The van der Waals surface area contributed by atoms with Crippen molar-refractivity contribution in [3.05, 3.63) is 36.4 Å². The molecule has 3 rings (SSSR count). The minimum absolute atomic E-state index is 0.0211. The third-order valence-corrected chi connectivity index (χ3v) is 5.81. The summed E-state index contributed by atoms with van der Waals surface area (Å²) >= 11 is 0. The van der Waals surface area contributed by atoms with Gasteiger partial charge in [-0.3, -0.25) is 4.79 Å². The van der Waals surface area contributed by atoms with Crippen molar-refractivity contribution in [3.8, 4) is 17.0 Å². The van der Waals surface area contributed by atoms with Crippen LogP contribution in [0.15, 0.2) is 36.4 Å². The van der Waals surface area contributed by atoms with Crippen LogP contribution in [0.4, 0.5) is 10.6 Å². The number of carbonyl (C=O) groups is 2. The normalized spacial score (nSPS) is 14.2. The van der Waals surface area contributed by atoms with Crippen molar-refractivity contribution in [2.45, 2.75) is 46.2 Å². The molecule has 0 spiro atoms. The molecule has 9 nitrogen and oxygen atoms in total. The Labute approximate surface area is 202 Å². The van der Waals surface area contributed by atoms with E-state index in [1.807, 2.05) is 69.0 Å². The van der Waals surface area contributed by atoms with Gasteiger partial charge in [0.2, 0.25) is 5.91 Å². The molecule has 9 heteroatoms. The average Bonchev–Trinajstić information content (AvgIpc) is 3.08. The topological polar surface area (TPSA) is 90.9 Å². The molecule has 3 amide bonds. The molecule has 0 saturated carbocycles. The highest BCUT2D eigenvalue weighted by Gasteiger charge is 2.25. The summed E-state index contributed by atoms with van der Waals surface area (Å²) in [6, 6.07) is 11.4. The number of rotatable bonds is 7. The molecule has 0 aliphatic carbocycles. The molecule has 2 heterocycles. The monoisotopic (exact) mass is 468 g/mol. The SMILES string of the molecule is COc1ccc(-c2ccc(N3CCCN(C(=O)CN(C(=O)NC(C)C)C(C)C)CC3)nn2)cc1. The Kier molecular flexibility index (Phi) is 8.67. The number of ether oxygens (including phenoxy) is 1. The Bertz CT molecular complexity index is 946. The van der Waals surface area contributed by atoms with E-state index in [-0.39, 0.29) is 30.6 Å². The van der Waals surface area contributed by atoms with Crippen LogP contribution < -0.4 is 15.0 Å². The zero-order valence-electron chi connectivity index (χ0n) is 20.8. The molecule has 1 fully saturated rings. The lowest BCUT2D eigenvalue weighted by molar-refractivity contribution is -0.131. The minimum Gasteiger partial charge on any atom is -0.497 e. The van der Waals surface area contributed by atoms with Crippen LogP contribution >= 0.6 is 0 Å². The van der Waals surface area contributed by atoms with Crippen molar-refractivity contribution in [1.82, 2.24) is 25.3 Å². The van der Waals surface area contributed by atoms with Crippen LogP contribution in [0.2, 0.25) is 0 Å². The second kappa shape index (κ2) is 11.7. The first-order valence-electron chi connectivity index (χ1n) is 11.9. The first-order valence-corrected chi connectivity index (χ1v) is 11.9. The van der Waals surface area contributed by atoms with Gasteiger partial charge in [-0.15, -0.1) is 10.2 Å². The van der Waals surface area contributed by atoms with Crippen molar-refractivity contribution in [2.24, 2.45) is 0 Å². The number of anilines is 1. The highest BCUT2D eigenvalue weighted by molar-refractivity contribution is 5.84. The van der Waals surface area contributed by atoms with E-state index >= 15 is 0 Å². The van der Waals surface area contributed by atoms with E-state index in [1.54, 1.807) is 12.0 Å². The summed E-state index contributed by atoms with van der Waals surface area (Å²) in [5.41, 5.74) is 1.77. The van der Waals surface area contributed by atoms with Crippen LogP contribution in [0.5, 0.6) is 5.75 Å². The van der Waals surface area contributed by atoms with Crippen molar-refractivity contribution in [2.75, 3.05) is 44.7 Å². The van der Waals surface area contributed by atoms with Gasteiger partial charge in [-0.1, -0.05) is 0 Å². The second-order valence-corrected chi connectivity index (χ2v) is 9.05. The number of benzene rings is 1. The number of nitrogens with zero attached hydrogens (tertiary/aromatic N) is 5. The highest BCUT2D eigenvalue weighted by atomic mass is 16.5. The zero-order valence-corrected chi connectivity index (χ0v) is 20.8. The van der Waals surface area contributed by atoms with E-state index in [1.165, 1.54) is 0 Å². The van der Waals surface area contributed by atoms with Gasteiger partial charge < -0.3 is 24.8 Å². The van der Waals surface area contributed by atoms with E-state index < -0.39 is 0 Å². The van der Waals surface area contributed by atoms with Crippen molar-refractivity contribution < 1.29 is 14.3 Å². The van der Waals surface area contributed by atoms with Gasteiger partial charge in [0.1, 0.15) is 12.3 Å². The maximum Gasteiger partial charge on any atom is 0.318 e. The third kappa shape index (κ3) is 6.59. The first-order chi connectivity index (χ1) is 16.3. The van der Waals surface area contributed by atoms with Gasteiger partial charge >= 0.3 is 6.03 Å². The number of carbonyl (C=O) groups excluding carboxylic acids is 2. The summed E-state index contributed by atoms with van der Waals surface area (Å²) in [6.45, 7) is 10.4. The minimum atomic E-state index is -0.206. The molecule has 1 aromatic heterocycles. The fourth-order valence-electron chi connectivity index (χ4n) is 3.87. The summed E-state index contributed by atoms with van der Waals surface area (Å²) in [7, 11) is 1.64. The Hall–Kier alpha value is -3.36. The Morgan fingerprint density at radius 1 is 1.00 bits per heavy atom. The lowest BCUT2D eigenvalue weighted by Gasteiger charge is -2.30. The van der Waals surface area contributed by atoms with Gasteiger partial charge in [-0.2, -0.15) is 0 Å². The maximum absolute atomic E-state index is 13.0. The molecular formula is C25H36N6O3. The van der Waals surface area contributed by atoms with Gasteiger partial charge in [-0.05, 0) is 70.5 Å². The van der Waals surface area contributed by atoms with Crippen molar-refractivity contribution >= 4 is 17.8 Å². The zero-order chi connectivity index (χ0) is 24.7. The predicted molar refractivity (Wildman–Crippen MR) is 133 cm³/mol. The molecule has 1 aliphatic heterocycles. The number of methoxy groups -OCH3 is 1. The number of amides is 3. The van der Waals surface area contributed by atoms with Crippen LogP contribution in [0.25, 0.3) is 11.3 Å². The first kappa shape index (κ1) is 25.3. The molecular weight excluding hydrogens is 432 g/mol. The lowest BCUT2D eigenvalue weighted by atomic mass is 10.1. The summed E-state index contributed by atoms with van der Waals surface area (Å²) < 4.78 is 5.21. The number of aromatic nitrogens is 2. The molecule has 0 unspecified atom stereocenters. The second-order valence-electron chi connectivity index (χ2n) is 9.05. The molecule has 0 bridgehead atoms. The summed E-state index contributed by atoms with van der Waals surface area (Å²) in [5, 5.41) is 11.7. The third-order valence-electron chi connectivity index (χ3n) is 5.81. The fraction of sp³-hybridized carbons (Fsp3) is 0.520. The fourth-order valence-corrected chi connectivity index (χ4v) is 3.87. The Morgan fingerprint density at radius 2 is 1.74 bits per heavy atom. The molecule has 1 aliphatic rings. The molecule has 0 radical (unpaired) electrons. The number of urea groups is 1. The molecule has 0 atom stereocenters. The van der Waals surface area contributed by atoms with E-state index in [4.69, 9.17) is 4.74 Å². The van der Waals surface area contributed by atoms with E-state index in [0.29, 0.717) is 19.6 Å². The van der Waals surface area contributed by atoms with Crippen LogP contribution in [0.1, 0.15) is 34.1 Å². The quantitative estimate of drug-likeness (QED) is 0.672. The van der Waals surface area contributed by atoms with Crippen LogP contribution in [0, 0.1) is 0 Å². The van der Waals surface area contributed by atoms with Gasteiger partial charge in [0.05, 0.1) is 12.8 Å². The summed E-state index contributed by atoms with van der Waals surface area (Å²) in [6.07, 6.45) is 0.827. The highest BCUT2D eigenvalue weighted by Crippen LogP contribution is 2.22.